The predicted octanol–water partition coefficient (Wildman–Crippen LogP) is 2.38. The number of hydrogen-bond acceptors (Lipinski definition) is 7. The van der Waals surface area contributed by atoms with Crippen molar-refractivity contribution in [2.75, 3.05) is 32.4 Å². The Kier molecular flexibility index (Phi) is 5.59. The highest BCUT2D eigenvalue weighted by Crippen LogP contribution is 2.46. The van der Waals surface area contributed by atoms with Crippen LogP contribution in [0.3, 0.4) is 0 Å². The topological polar surface area (TPSA) is 103 Å². The second-order valence-electron chi connectivity index (χ2n) is 5.79. The zero-order valence-corrected chi connectivity index (χ0v) is 16.4. The van der Waals surface area contributed by atoms with Crippen molar-refractivity contribution in [2.45, 2.75) is 24.4 Å². The molecule has 1 aliphatic heterocycles. The standard InChI is InChI=1S/C18H21N3O5S/c1-5-27-18-20-16-13(17(23)21-18)10(8-12(22)19-16)9-6-7-11(24-2)15(26-4)14(9)25-3/h6-7,10H,5,8H2,1-4H3,(H2,19,20,21,22,23)/t10-/m0/s1. The largest absolute Gasteiger partial charge is 0.493 e. The van der Waals surface area contributed by atoms with Crippen LogP contribution in [-0.2, 0) is 4.79 Å². The van der Waals surface area contributed by atoms with Crippen LogP contribution in [0.25, 0.3) is 0 Å². The summed E-state index contributed by atoms with van der Waals surface area (Å²) in [5, 5.41) is 3.18. The molecule has 0 fully saturated rings. The van der Waals surface area contributed by atoms with Gasteiger partial charge in [-0.15, -0.1) is 0 Å². The average molecular weight is 391 g/mol. The molecule has 2 heterocycles. The van der Waals surface area contributed by atoms with E-state index in [-0.39, 0.29) is 23.7 Å². The van der Waals surface area contributed by atoms with Gasteiger partial charge in [-0.3, -0.25) is 9.59 Å². The number of amides is 1. The minimum Gasteiger partial charge on any atom is -0.493 e. The molecule has 2 N–H and O–H groups in total. The molecule has 0 radical (unpaired) electrons. The highest BCUT2D eigenvalue weighted by atomic mass is 32.2. The fourth-order valence-corrected chi connectivity index (χ4v) is 3.81. The van der Waals surface area contributed by atoms with E-state index in [1.807, 2.05) is 6.92 Å². The number of anilines is 1. The summed E-state index contributed by atoms with van der Waals surface area (Å²) in [5.41, 5.74) is 0.785. The van der Waals surface area contributed by atoms with Crippen LogP contribution in [0.5, 0.6) is 17.2 Å². The Morgan fingerprint density at radius 3 is 2.52 bits per heavy atom. The Labute approximate surface area is 160 Å². The Balaban J connectivity index is 2.20. The molecule has 0 bridgehead atoms. The first-order valence-electron chi connectivity index (χ1n) is 8.39. The summed E-state index contributed by atoms with van der Waals surface area (Å²) in [4.78, 5) is 32.3. The van der Waals surface area contributed by atoms with E-state index < -0.39 is 5.92 Å². The van der Waals surface area contributed by atoms with Crippen LogP contribution >= 0.6 is 11.8 Å². The quantitative estimate of drug-likeness (QED) is 0.576. The van der Waals surface area contributed by atoms with Crippen molar-refractivity contribution >= 4 is 23.5 Å². The van der Waals surface area contributed by atoms with Gasteiger partial charge < -0.3 is 24.5 Å². The Hall–Kier alpha value is -2.68. The van der Waals surface area contributed by atoms with Crippen molar-refractivity contribution in [1.29, 1.82) is 0 Å². The van der Waals surface area contributed by atoms with Crippen molar-refractivity contribution in [3.8, 4) is 17.2 Å². The van der Waals surface area contributed by atoms with Crippen molar-refractivity contribution < 1.29 is 19.0 Å². The Morgan fingerprint density at radius 2 is 1.89 bits per heavy atom. The number of rotatable bonds is 6. The highest BCUT2D eigenvalue weighted by molar-refractivity contribution is 7.99. The lowest BCUT2D eigenvalue weighted by molar-refractivity contribution is -0.116. The van der Waals surface area contributed by atoms with Crippen molar-refractivity contribution in [3.05, 3.63) is 33.6 Å². The van der Waals surface area contributed by atoms with E-state index >= 15 is 0 Å². The van der Waals surface area contributed by atoms with E-state index in [4.69, 9.17) is 14.2 Å². The van der Waals surface area contributed by atoms with Crippen LogP contribution in [0, 0.1) is 0 Å². The van der Waals surface area contributed by atoms with Gasteiger partial charge in [0.05, 0.1) is 26.9 Å². The first-order valence-corrected chi connectivity index (χ1v) is 9.38. The van der Waals surface area contributed by atoms with Gasteiger partial charge >= 0.3 is 0 Å². The lowest BCUT2D eigenvalue weighted by atomic mass is 9.86. The van der Waals surface area contributed by atoms with Gasteiger partial charge in [0, 0.05) is 17.9 Å². The first-order chi connectivity index (χ1) is 13.0. The summed E-state index contributed by atoms with van der Waals surface area (Å²) in [5.74, 6) is 1.65. The molecule has 3 rings (SSSR count). The molecule has 144 valence electrons. The monoisotopic (exact) mass is 391 g/mol. The van der Waals surface area contributed by atoms with Gasteiger partial charge in [-0.25, -0.2) is 4.98 Å². The van der Waals surface area contributed by atoms with Gasteiger partial charge in [-0.1, -0.05) is 24.8 Å². The molecule has 2 aromatic rings. The maximum Gasteiger partial charge on any atom is 0.257 e. The number of methoxy groups -OCH3 is 3. The highest BCUT2D eigenvalue weighted by Gasteiger charge is 2.34. The van der Waals surface area contributed by atoms with E-state index in [1.54, 1.807) is 12.1 Å². The zero-order chi connectivity index (χ0) is 19.6. The van der Waals surface area contributed by atoms with Crippen molar-refractivity contribution in [2.24, 2.45) is 0 Å². The van der Waals surface area contributed by atoms with Gasteiger partial charge in [0.1, 0.15) is 5.82 Å². The van der Waals surface area contributed by atoms with Crippen molar-refractivity contribution in [1.82, 2.24) is 9.97 Å². The number of hydrogen-bond donors (Lipinski definition) is 2. The number of ether oxygens (including phenoxy) is 3. The molecule has 1 aromatic carbocycles. The van der Waals surface area contributed by atoms with E-state index in [2.05, 4.69) is 15.3 Å². The van der Waals surface area contributed by atoms with E-state index in [9.17, 15) is 9.59 Å². The molecule has 8 nitrogen and oxygen atoms in total. The van der Waals surface area contributed by atoms with E-state index in [0.717, 1.165) is 5.75 Å². The summed E-state index contributed by atoms with van der Waals surface area (Å²) in [7, 11) is 4.55. The summed E-state index contributed by atoms with van der Waals surface area (Å²) in [6, 6.07) is 3.51. The summed E-state index contributed by atoms with van der Waals surface area (Å²) < 4.78 is 16.3. The SMILES string of the molecule is CCSc1nc2c(c(=O)[nH]1)[C@H](c1ccc(OC)c(OC)c1OC)CC(=O)N2. The normalized spacial score (nSPS) is 15.7. The number of carbonyl (C=O) groups excluding carboxylic acids is 1. The fraction of sp³-hybridized carbons (Fsp3) is 0.389. The number of nitrogens with one attached hydrogen (secondary N) is 2. The average Bonchev–Trinajstić information content (AvgIpc) is 2.65. The lowest BCUT2D eigenvalue weighted by Gasteiger charge is -2.26. The number of aromatic amines is 1. The number of H-pyrrole nitrogens is 1. The summed E-state index contributed by atoms with van der Waals surface area (Å²) in [6.45, 7) is 1.96. The molecular weight excluding hydrogens is 370 g/mol. The van der Waals surface area contributed by atoms with Crippen LogP contribution in [0.4, 0.5) is 5.82 Å². The molecule has 1 atom stereocenters. The Morgan fingerprint density at radius 1 is 1.15 bits per heavy atom. The molecule has 0 saturated heterocycles. The minimum atomic E-state index is -0.513. The van der Waals surface area contributed by atoms with Crippen LogP contribution in [0.15, 0.2) is 22.1 Å². The second-order valence-corrected chi connectivity index (χ2v) is 7.05. The number of aromatic nitrogens is 2. The lowest BCUT2D eigenvalue weighted by Crippen LogP contribution is -2.31. The molecule has 0 spiro atoms. The second kappa shape index (κ2) is 7.91. The van der Waals surface area contributed by atoms with E-state index in [0.29, 0.717) is 33.5 Å². The van der Waals surface area contributed by atoms with Gasteiger partial charge in [0.25, 0.3) is 5.56 Å². The molecule has 0 saturated carbocycles. The molecular formula is C18H21N3O5S. The number of thioether (sulfide) groups is 1. The smallest absolute Gasteiger partial charge is 0.257 e. The van der Waals surface area contributed by atoms with Gasteiger partial charge in [-0.05, 0) is 11.8 Å². The van der Waals surface area contributed by atoms with Gasteiger partial charge in [-0.2, -0.15) is 0 Å². The third-order valence-corrected chi connectivity index (χ3v) is 5.08. The molecule has 1 aromatic heterocycles. The van der Waals surface area contributed by atoms with Gasteiger partial charge in [0.15, 0.2) is 16.7 Å². The maximum atomic E-state index is 12.8. The summed E-state index contributed by atoms with van der Waals surface area (Å²) in [6.07, 6.45) is 0.101. The van der Waals surface area contributed by atoms with Gasteiger partial charge in [0.2, 0.25) is 11.7 Å². The summed E-state index contributed by atoms with van der Waals surface area (Å²) >= 11 is 1.40. The minimum absolute atomic E-state index is 0.101. The predicted molar refractivity (Wildman–Crippen MR) is 102 cm³/mol. The fourth-order valence-electron chi connectivity index (χ4n) is 3.22. The third kappa shape index (κ3) is 3.46. The maximum absolute atomic E-state index is 12.8. The number of benzene rings is 1. The molecule has 1 aliphatic rings. The molecule has 0 unspecified atom stereocenters. The third-order valence-electron chi connectivity index (χ3n) is 4.32. The van der Waals surface area contributed by atoms with E-state index in [1.165, 1.54) is 33.1 Å². The van der Waals surface area contributed by atoms with Crippen molar-refractivity contribution in [3.63, 3.8) is 0 Å². The van der Waals surface area contributed by atoms with Crippen LogP contribution in [-0.4, -0.2) is 43.0 Å². The molecule has 9 heteroatoms. The first kappa shape index (κ1) is 19.1. The molecule has 27 heavy (non-hydrogen) atoms. The number of fused-ring (bicyclic) bond motifs is 1. The number of nitrogens with zero attached hydrogens (tertiary/aromatic N) is 1. The Bertz CT molecular complexity index is 928. The molecule has 0 aliphatic carbocycles. The zero-order valence-electron chi connectivity index (χ0n) is 15.5. The van der Waals surface area contributed by atoms with Crippen LogP contribution < -0.4 is 25.1 Å². The van der Waals surface area contributed by atoms with Crippen LogP contribution in [0.1, 0.15) is 30.4 Å². The van der Waals surface area contributed by atoms with Crippen LogP contribution in [0.2, 0.25) is 0 Å². The number of carbonyl (C=O) groups is 1. The molecule has 1 amide bonds.